The van der Waals surface area contributed by atoms with Crippen LogP contribution in [0.15, 0.2) is 24.3 Å². The zero-order chi connectivity index (χ0) is 12.4. The molecule has 17 heavy (non-hydrogen) atoms. The first-order valence-electron chi connectivity index (χ1n) is 5.44. The summed E-state index contributed by atoms with van der Waals surface area (Å²) >= 11 is 5.56. The molecule has 92 valence electrons. The molecule has 1 heterocycles. The largest absolute Gasteiger partial charge is 0.479 e. The molecule has 0 aromatic heterocycles. The number of carbonyl (C=O) groups excluding carboxylic acids is 1. The van der Waals surface area contributed by atoms with E-state index in [1.807, 2.05) is 12.1 Å². The smallest absolute Gasteiger partial charge is 0.267 e. The second-order valence-corrected chi connectivity index (χ2v) is 4.29. The Hall–Kier alpha value is -1.26. The Morgan fingerprint density at radius 1 is 1.53 bits per heavy atom. The van der Waals surface area contributed by atoms with Crippen molar-refractivity contribution in [2.24, 2.45) is 0 Å². The van der Waals surface area contributed by atoms with Crippen LogP contribution in [0.2, 0.25) is 0 Å². The Morgan fingerprint density at radius 2 is 2.24 bits per heavy atom. The average molecular weight is 256 g/mol. The maximum Gasteiger partial charge on any atom is 0.267 e. The van der Waals surface area contributed by atoms with Crippen LogP contribution in [0.4, 0.5) is 5.69 Å². The molecule has 2 unspecified atom stereocenters. The van der Waals surface area contributed by atoms with Crippen molar-refractivity contribution >= 4 is 23.2 Å². The summed E-state index contributed by atoms with van der Waals surface area (Å²) in [6.45, 7) is 1.88. The van der Waals surface area contributed by atoms with Crippen molar-refractivity contribution in [1.29, 1.82) is 0 Å². The van der Waals surface area contributed by atoms with Crippen LogP contribution in [0.3, 0.4) is 0 Å². The number of aliphatic hydroxyl groups excluding tert-OH is 1. The third-order valence-corrected chi connectivity index (χ3v) is 3.00. The SMILES string of the molecule is CC1Oc2ccccc2N(CC(O)CCl)C1=O. The molecule has 1 aromatic rings. The lowest BCUT2D eigenvalue weighted by Gasteiger charge is -2.33. The number of halogens is 1. The summed E-state index contributed by atoms with van der Waals surface area (Å²) < 4.78 is 5.48. The van der Waals surface area contributed by atoms with E-state index in [1.165, 1.54) is 4.90 Å². The van der Waals surface area contributed by atoms with Crippen molar-refractivity contribution in [3.8, 4) is 5.75 Å². The topological polar surface area (TPSA) is 49.8 Å². The van der Waals surface area contributed by atoms with Gasteiger partial charge in [0.15, 0.2) is 6.10 Å². The molecule has 2 rings (SSSR count). The fourth-order valence-electron chi connectivity index (χ4n) is 1.81. The molecule has 1 N–H and O–H groups in total. The molecule has 1 aliphatic heterocycles. The Kier molecular flexibility index (Phi) is 3.54. The highest BCUT2D eigenvalue weighted by Crippen LogP contribution is 2.33. The molecule has 0 radical (unpaired) electrons. The number of anilines is 1. The van der Waals surface area contributed by atoms with Gasteiger partial charge in [0.05, 0.1) is 24.2 Å². The van der Waals surface area contributed by atoms with Crippen LogP contribution < -0.4 is 9.64 Å². The van der Waals surface area contributed by atoms with Gasteiger partial charge in [-0.05, 0) is 19.1 Å². The van der Waals surface area contributed by atoms with Gasteiger partial charge in [-0.2, -0.15) is 0 Å². The quantitative estimate of drug-likeness (QED) is 0.831. The van der Waals surface area contributed by atoms with Gasteiger partial charge in [-0.3, -0.25) is 4.79 Å². The number of alkyl halides is 1. The van der Waals surface area contributed by atoms with E-state index in [0.717, 1.165) is 0 Å². The molecule has 0 bridgehead atoms. The highest BCUT2D eigenvalue weighted by atomic mass is 35.5. The van der Waals surface area contributed by atoms with Crippen LogP contribution in [0.25, 0.3) is 0 Å². The second kappa shape index (κ2) is 4.94. The van der Waals surface area contributed by atoms with Gasteiger partial charge in [0.25, 0.3) is 5.91 Å². The molecule has 0 aliphatic carbocycles. The highest BCUT2D eigenvalue weighted by Gasteiger charge is 2.32. The predicted molar refractivity (Wildman–Crippen MR) is 65.6 cm³/mol. The number of nitrogens with zero attached hydrogens (tertiary/aromatic N) is 1. The maximum absolute atomic E-state index is 12.0. The van der Waals surface area contributed by atoms with Crippen LogP contribution in [0, 0.1) is 0 Å². The highest BCUT2D eigenvalue weighted by molar-refractivity contribution is 6.18. The minimum Gasteiger partial charge on any atom is -0.479 e. The molecule has 0 fully saturated rings. The first kappa shape index (κ1) is 12.2. The summed E-state index contributed by atoms with van der Waals surface area (Å²) in [5, 5.41) is 9.57. The normalized spacial score (nSPS) is 20.8. The summed E-state index contributed by atoms with van der Waals surface area (Å²) in [7, 11) is 0. The van der Waals surface area contributed by atoms with Crippen LogP contribution in [-0.2, 0) is 4.79 Å². The van der Waals surface area contributed by atoms with E-state index in [2.05, 4.69) is 0 Å². The molecule has 0 saturated heterocycles. The fourth-order valence-corrected chi connectivity index (χ4v) is 1.90. The number of β-amino-alcohol motifs (C(OH)–C–C–N with tert-alkyl or cyclic N) is 1. The minimum atomic E-state index is -0.737. The molecule has 1 amide bonds. The molecule has 0 spiro atoms. The Labute approximate surface area is 105 Å². The number of aliphatic hydroxyl groups is 1. The second-order valence-electron chi connectivity index (χ2n) is 3.98. The number of hydrogen-bond donors (Lipinski definition) is 1. The molecule has 0 saturated carbocycles. The van der Waals surface area contributed by atoms with E-state index in [9.17, 15) is 9.90 Å². The van der Waals surface area contributed by atoms with Gasteiger partial charge in [0.1, 0.15) is 5.75 Å². The third-order valence-electron chi connectivity index (χ3n) is 2.65. The van der Waals surface area contributed by atoms with Crippen molar-refractivity contribution < 1.29 is 14.6 Å². The van der Waals surface area contributed by atoms with E-state index < -0.39 is 12.2 Å². The fraction of sp³-hybridized carbons (Fsp3) is 0.417. The number of amides is 1. The lowest BCUT2D eigenvalue weighted by Crippen LogP contribution is -2.47. The number of rotatable bonds is 3. The lowest BCUT2D eigenvalue weighted by molar-refractivity contribution is -0.125. The first-order chi connectivity index (χ1) is 8.13. The van der Waals surface area contributed by atoms with E-state index in [1.54, 1.807) is 19.1 Å². The third kappa shape index (κ3) is 2.37. The van der Waals surface area contributed by atoms with Gasteiger partial charge in [0.2, 0.25) is 0 Å². The van der Waals surface area contributed by atoms with Crippen LogP contribution in [0.1, 0.15) is 6.92 Å². The molecule has 4 nitrogen and oxygen atoms in total. The average Bonchev–Trinajstić information content (AvgIpc) is 2.34. The standard InChI is InChI=1S/C12H14ClNO3/c1-8-12(16)14(7-9(15)6-13)10-4-2-3-5-11(10)17-8/h2-5,8-9,15H,6-7H2,1H3. The number of para-hydroxylation sites is 2. The Bertz CT molecular complexity index is 424. The Morgan fingerprint density at radius 3 is 2.94 bits per heavy atom. The van der Waals surface area contributed by atoms with Crippen LogP contribution >= 0.6 is 11.6 Å². The van der Waals surface area contributed by atoms with Crippen molar-refractivity contribution in [2.45, 2.75) is 19.1 Å². The first-order valence-corrected chi connectivity index (χ1v) is 5.98. The van der Waals surface area contributed by atoms with Crippen LogP contribution in [-0.4, -0.2) is 35.6 Å². The molecule has 1 aromatic carbocycles. The zero-order valence-electron chi connectivity index (χ0n) is 9.47. The predicted octanol–water partition coefficient (Wildman–Crippen LogP) is 1.40. The van der Waals surface area contributed by atoms with Gasteiger partial charge in [-0.25, -0.2) is 0 Å². The number of carbonyl (C=O) groups is 1. The molecule has 1 aliphatic rings. The summed E-state index contributed by atoms with van der Waals surface area (Å²) in [4.78, 5) is 13.5. The molecule has 2 atom stereocenters. The van der Waals surface area contributed by atoms with E-state index >= 15 is 0 Å². The van der Waals surface area contributed by atoms with Crippen LogP contribution in [0.5, 0.6) is 5.75 Å². The molecular formula is C12H14ClNO3. The zero-order valence-corrected chi connectivity index (χ0v) is 10.2. The number of ether oxygens (including phenoxy) is 1. The number of fused-ring (bicyclic) bond motifs is 1. The van der Waals surface area contributed by atoms with Gasteiger partial charge < -0.3 is 14.7 Å². The summed E-state index contributed by atoms with van der Waals surface area (Å²) in [5.41, 5.74) is 0.680. The molecular weight excluding hydrogens is 242 g/mol. The van der Waals surface area contributed by atoms with E-state index in [-0.39, 0.29) is 18.3 Å². The van der Waals surface area contributed by atoms with Crippen molar-refractivity contribution in [2.75, 3.05) is 17.3 Å². The summed E-state index contributed by atoms with van der Waals surface area (Å²) in [5.74, 6) is 0.593. The van der Waals surface area contributed by atoms with E-state index in [0.29, 0.717) is 11.4 Å². The maximum atomic E-state index is 12.0. The minimum absolute atomic E-state index is 0.0984. The summed E-state index contributed by atoms with van der Waals surface area (Å²) in [6.07, 6.45) is -1.27. The van der Waals surface area contributed by atoms with Crippen molar-refractivity contribution in [3.63, 3.8) is 0 Å². The van der Waals surface area contributed by atoms with Gasteiger partial charge in [-0.15, -0.1) is 11.6 Å². The number of benzene rings is 1. The number of hydrogen-bond acceptors (Lipinski definition) is 3. The summed E-state index contributed by atoms with van der Waals surface area (Å²) in [6, 6.07) is 7.27. The van der Waals surface area contributed by atoms with Crippen molar-refractivity contribution in [3.05, 3.63) is 24.3 Å². The van der Waals surface area contributed by atoms with Crippen molar-refractivity contribution in [1.82, 2.24) is 0 Å². The van der Waals surface area contributed by atoms with Gasteiger partial charge >= 0.3 is 0 Å². The lowest BCUT2D eigenvalue weighted by atomic mass is 10.1. The molecule has 5 heteroatoms. The van der Waals surface area contributed by atoms with Gasteiger partial charge in [0, 0.05) is 0 Å². The monoisotopic (exact) mass is 255 g/mol. The Balaban J connectivity index is 2.32. The van der Waals surface area contributed by atoms with E-state index in [4.69, 9.17) is 16.3 Å². The van der Waals surface area contributed by atoms with Gasteiger partial charge in [-0.1, -0.05) is 12.1 Å².